The van der Waals surface area contributed by atoms with Crippen molar-refractivity contribution >= 4 is 33.0 Å². The Morgan fingerprint density at radius 1 is 0.931 bits per heavy atom. The van der Waals surface area contributed by atoms with Crippen molar-refractivity contribution in [3.8, 4) is 22.4 Å². The molecule has 5 nitrogen and oxygen atoms in total. The lowest BCUT2D eigenvalue weighted by Gasteiger charge is -2.15. The molecule has 0 atom stereocenters. The zero-order chi connectivity index (χ0) is 20.5. The quantitative estimate of drug-likeness (QED) is 0.343. The number of anilines is 2. The number of rotatable bonds is 5. The summed E-state index contributed by atoms with van der Waals surface area (Å²) in [5.41, 5.74) is 19.8. The number of nitrogen functional groups attached to an aromatic ring is 2. The van der Waals surface area contributed by atoms with Crippen LogP contribution < -0.4 is 11.5 Å². The Bertz CT molecular complexity index is 1180. The van der Waals surface area contributed by atoms with Crippen LogP contribution in [0.15, 0.2) is 54.6 Å². The Labute approximate surface area is 174 Å². The second-order valence-electron chi connectivity index (χ2n) is 6.91. The van der Waals surface area contributed by atoms with Crippen LogP contribution in [0.4, 0.5) is 11.4 Å². The molecule has 0 fully saturated rings. The summed E-state index contributed by atoms with van der Waals surface area (Å²) < 4.78 is 16.6. The van der Waals surface area contributed by atoms with Gasteiger partial charge in [0.25, 0.3) is 0 Å². The maximum absolute atomic E-state index is 6.58. The van der Waals surface area contributed by atoms with Gasteiger partial charge in [0.2, 0.25) is 0 Å². The van der Waals surface area contributed by atoms with E-state index in [1.54, 1.807) is 14.2 Å². The third-order valence-corrected chi connectivity index (χ3v) is 5.99. The summed E-state index contributed by atoms with van der Waals surface area (Å²) in [5, 5.41) is 1.04. The van der Waals surface area contributed by atoms with Crippen LogP contribution >= 0.6 is 11.5 Å². The molecule has 1 heterocycles. The molecule has 0 saturated heterocycles. The van der Waals surface area contributed by atoms with Crippen molar-refractivity contribution in [1.82, 2.24) is 4.37 Å². The van der Waals surface area contributed by atoms with E-state index >= 15 is 0 Å². The molecule has 3 aromatic carbocycles. The van der Waals surface area contributed by atoms with Crippen molar-refractivity contribution in [2.45, 2.75) is 13.2 Å². The van der Waals surface area contributed by atoms with E-state index in [0.717, 1.165) is 55.0 Å². The van der Waals surface area contributed by atoms with Gasteiger partial charge < -0.3 is 20.9 Å². The molecule has 29 heavy (non-hydrogen) atoms. The highest BCUT2D eigenvalue weighted by molar-refractivity contribution is 7.13. The molecular weight excluding hydrogens is 382 g/mol. The van der Waals surface area contributed by atoms with Crippen molar-refractivity contribution in [2.75, 3.05) is 25.7 Å². The van der Waals surface area contributed by atoms with E-state index in [-0.39, 0.29) is 0 Å². The number of nitrogens with two attached hydrogens (primary N) is 2. The standard InChI is InChI=1S/C23H23N3O2S/c1-13-17(14-5-4-6-16(24)11-14)8-9-18(21(13)25)22-19-12-15(23(27-2)28-3)7-10-20(19)29-26-22/h4-12,23H,24-25H2,1-3H3. The number of fused-ring (bicyclic) bond motifs is 1. The van der Waals surface area contributed by atoms with Gasteiger partial charge in [-0.05, 0) is 59.4 Å². The van der Waals surface area contributed by atoms with Crippen LogP contribution in [0.5, 0.6) is 0 Å². The molecule has 6 heteroatoms. The normalized spacial score (nSPS) is 11.4. The van der Waals surface area contributed by atoms with Gasteiger partial charge in [0.1, 0.15) is 0 Å². The first-order valence-electron chi connectivity index (χ1n) is 9.23. The highest BCUT2D eigenvalue weighted by atomic mass is 32.1. The second kappa shape index (κ2) is 7.83. The monoisotopic (exact) mass is 405 g/mol. The Kier molecular flexibility index (Phi) is 5.24. The summed E-state index contributed by atoms with van der Waals surface area (Å²) in [5.74, 6) is 0. The Morgan fingerprint density at radius 3 is 2.41 bits per heavy atom. The van der Waals surface area contributed by atoms with Crippen molar-refractivity contribution in [1.29, 1.82) is 0 Å². The topological polar surface area (TPSA) is 83.4 Å². The fourth-order valence-electron chi connectivity index (χ4n) is 3.62. The predicted octanol–water partition coefficient (Wildman–Crippen LogP) is 5.39. The van der Waals surface area contributed by atoms with Gasteiger partial charge >= 0.3 is 0 Å². The predicted molar refractivity (Wildman–Crippen MR) is 121 cm³/mol. The number of nitrogens with zero attached hydrogens (tertiary/aromatic N) is 1. The van der Waals surface area contributed by atoms with Crippen LogP contribution in [0.2, 0.25) is 0 Å². The summed E-state index contributed by atoms with van der Waals surface area (Å²) in [7, 11) is 3.25. The van der Waals surface area contributed by atoms with Crippen molar-refractivity contribution in [3.05, 3.63) is 65.7 Å². The van der Waals surface area contributed by atoms with E-state index < -0.39 is 6.29 Å². The number of ether oxygens (including phenoxy) is 2. The van der Waals surface area contributed by atoms with Gasteiger partial charge in [-0.25, -0.2) is 0 Å². The van der Waals surface area contributed by atoms with Gasteiger partial charge in [-0.3, -0.25) is 0 Å². The summed E-state index contributed by atoms with van der Waals surface area (Å²) in [6, 6.07) is 18.0. The van der Waals surface area contributed by atoms with Crippen molar-refractivity contribution in [2.24, 2.45) is 0 Å². The molecule has 148 valence electrons. The van der Waals surface area contributed by atoms with Crippen molar-refractivity contribution < 1.29 is 9.47 Å². The lowest BCUT2D eigenvalue weighted by molar-refractivity contribution is -0.105. The third kappa shape index (κ3) is 3.46. The van der Waals surface area contributed by atoms with Gasteiger partial charge in [-0.2, -0.15) is 4.37 Å². The maximum Gasteiger partial charge on any atom is 0.183 e. The summed E-state index contributed by atoms with van der Waals surface area (Å²) in [6.07, 6.45) is -0.419. The van der Waals surface area contributed by atoms with E-state index in [2.05, 4.69) is 12.1 Å². The Hall–Kier alpha value is -2.93. The van der Waals surface area contributed by atoms with Gasteiger partial charge in [-0.1, -0.05) is 30.3 Å². The number of benzene rings is 3. The summed E-state index contributed by atoms with van der Waals surface area (Å²) in [4.78, 5) is 0. The van der Waals surface area contributed by atoms with Gasteiger partial charge in [0, 0.05) is 42.1 Å². The fraction of sp³-hybridized carbons (Fsp3) is 0.174. The molecule has 0 spiro atoms. The summed E-state index contributed by atoms with van der Waals surface area (Å²) >= 11 is 1.46. The fourth-order valence-corrected chi connectivity index (χ4v) is 4.39. The number of hydrogen-bond donors (Lipinski definition) is 2. The average Bonchev–Trinajstić information content (AvgIpc) is 3.14. The van der Waals surface area contributed by atoms with Gasteiger partial charge in [0.05, 0.1) is 10.4 Å². The largest absolute Gasteiger partial charge is 0.399 e. The van der Waals surface area contributed by atoms with Crippen LogP contribution in [0.3, 0.4) is 0 Å². The van der Waals surface area contributed by atoms with Gasteiger partial charge in [-0.15, -0.1) is 0 Å². The van der Waals surface area contributed by atoms with E-state index in [1.807, 2.05) is 49.4 Å². The molecule has 4 aromatic rings. The Balaban J connectivity index is 1.84. The SMILES string of the molecule is COC(OC)c1ccc2snc(-c3ccc(-c4cccc(N)c4)c(C)c3N)c2c1. The molecule has 0 aliphatic heterocycles. The lowest BCUT2D eigenvalue weighted by Crippen LogP contribution is -2.03. The van der Waals surface area contributed by atoms with Crippen LogP contribution in [-0.4, -0.2) is 18.6 Å². The number of methoxy groups -OCH3 is 2. The first-order valence-corrected chi connectivity index (χ1v) is 10.0. The molecule has 4 N–H and O–H groups in total. The number of aromatic nitrogens is 1. The molecule has 0 amide bonds. The van der Waals surface area contributed by atoms with Gasteiger partial charge in [0.15, 0.2) is 6.29 Å². The minimum Gasteiger partial charge on any atom is -0.399 e. The van der Waals surface area contributed by atoms with E-state index in [0.29, 0.717) is 0 Å². The molecule has 0 radical (unpaired) electrons. The molecule has 1 aromatic heterocycles. The molecule has 0 aliphatic carbocycles. The molecule has 0 unspecified atom stereocenters. The smallest absolute Gasteiger partial charge is 0.183 e. The molecule has 0 bridgehead atoms. The van der Waals surface area contributed by atoms with E-state index in [9.17, 15) is 0 Å². The van der Waals surface area contributed by atoms with Crippen LogP contribution in [-0.2, 0) is 9.47 Å². The second-order valence-corrected chi connectivity index (χ2v) is 7.72. The zero-order valence-corrected chi connectivity index (χ0v) is 17.4. The molecule has 4 rings (SSSR count). The highest BCUT2D eigenvalue weighted by Crippen LogP contribution is 2.39. The minimum absolute atomic E-state index is 0.419. The third-order valence-electron chi connectivity index (χ3n) is 5.16. The Morgan fingerprint density at radius 2 is 1.69 bits per heavy atom. The maximum atomic E-state index is 6.58. The highest BCUT2D eigenvalue weighted by Gasteiger charge is 2.17. The van der Waals surface area contributed by atoms with E-state index in [1.165, 1.54) is 11.5 Å². The minimum atomic E-state index is -0.419. The number of hydrogen-bond acceptors (Lipinski definition) is 6. The molecule has 0 saturated carbocycles. The first-order chi connectivity index (χ1) is 14.0. The van der Waals surface area contributed by atoms with E-state index in [4.69, 9.17) is 25.3 Å². The molecule has 0 aliphatic rings. The summed E-state index contributed by atoms with van der Waals surface area (Å²) in [6.45, 7) is 2.03. The zero-order valence-electron chi connectivity index (χ0n) is 16.6. The average molecular weight is 406 g/mol. The first kappa shape index (κ1) is 19.4. The van der Waals surface area contributed by atoms with Crippen LogP contribution in [0.25, 0.3) is 32.5 Å². The molecular formula is C23H23N3O2S. The van der Waals surface area contributed by atoms with Crippen molar-refractivity contribution in [3.63, 3.8) is 0 Å². The van der Waals surface area contributed by atoms with Crippen LogP contribution in [0, 0.1) is 6.92 Å². The lowest BCUT2D eigenvalue weighted by atomic mass is 9.94. The van der Waals surface area contributed by atoms with Crippen LogP contribution in [0.1, 0.15) is 17.4 Å².